The molecule has 1 amide bonds. The number of carbonyl (C=O) groups is 2. The molecular formula is C18H15N3O5S. The maximum atomic E-state index is 12.2. The van der Waals surface area contributed by atoms with Crippen LogP contribution in [-0.4, -0.2) is 29.2 Å². The number of nitrogens with one attached hydrogen (secondary N) is 1. The molecule has 27 heavy (non-hydrogen) atoms. The molecule has 138 valence electrons. The first kappa shape index (κ1) is 19.9. The van der Waals surface area contributed by atoms with Gasteiger partial charge < -0.3 is 10.1 Å². The largest absolute Gasteiger partial charge is 0.449 e. The van der Waals surface area contributed by atoms with E-state index in [0.29, 0.717) is 16.1 Å². The van der Waals surface area contributed by atoms with Crippen molar-refractivity contribution in [1.82, 2.24) is 0 Å². The molecule has 0 aliphatic carbocycles. The molecular weight excluding hydrogens is 370 g/mol. The fourth-order valence-electron chi connectivity index (χ4n) is 2.15. The van der Waals surface area contributed by atoms with Gasteiger partial charge >= 0.3 is 5.97 Å². The highest BCUT2D eigenvalue weighted by molar-refractivity contribution is 7.98. The Kier molecular flexibility index (Phi) is 6.51. The number of anilines is 1. The van der Waals surface area contributed by atoms with E-state index >= 15 is 0 Å². The van der Waals surface area contributed by atoms with E-state index in [0.717, 1.165) is 6.07 Å². The zero-order valence-corrected chi connectivity index (χ0v) is 15.3. The summed E-state index contributed by atoms with van der Waals surface area (Å²) < 4.78 is 5.09. The van der Waals surface area contributed by atoms with Crippen molar-refractivity contribution >= 4 is 35.0 Å². The number of nitriles is 1. The Morgan fingerprint density at radius 3 is 2.67 bits per heavy atom. The smallest absolute Gasteiger partial charge is 0.339 e. The van der Waals surface area contributed by atoms with Crippen molar-refractivity contribution in [2.24, 2.45) is 0 Å². The summed E-state index contributed by atoms with van der Waals surface area (Å²) in [5.41, 5.74) is 0.536. The minimum atomic E-state index is -1.14. The minimum absolute atomic E-state index is 0.0226. The van der Waals surface area contributed by atoms with Gasteiger partial charge in [-0.3, -0.25) is 14.9 Å². The summed E-state index contributed by atoms with van der Waals surface area (Å²) in [5, 5.41) is 22.5. The first-order valence-corrected chi connectivity index (χ1v) is 8.92. The van der Waals surface area contributed by atoms with Crippen molar-refractivity contribution in [3.05, 3.63) is 63.7 Å². The summed E-state index contributed by atoms with van der Waals surface area (Å²) in [6.07, 6.45) is 0.552. The van der Waals surface area contributed by atoms with Crippen LogP contribution in [0.3, 0.4) is 0 Å². The zero-order valence-electron chi connectivity index (χ0n) is 14.5. The fourth-order valence-corrected chi connectivity index (χ4v) is 2.70. The molecule has 0 spiro atoms. The van der Waals surface area contributed by atoms with Crippen molar-refractivity contribution in [1.29, 1.82) is 5.26 Å². The van der Waals surface area contributed by atoms with Gasteiger partial charge in [-0.2, -0.15) is 5.26 Å². The normalized spacial score (nSPS) is 11.1. The van der Waals surface area contributed by atoms with Crippen molar-refractivity contribution in [3.8, 4) is 6.07 Å². The van der Waals surface area contributed by atoms with Crippen LogP contribution in [0, 0.1) is 21.4 Å². The Bertz CT molecular complexity index is 939. The number of rotatable bonds is 6. The minimum Gasteiger partial charge on any atom is -0.449 e. The van der Waals surface area contributed by atoms with Gasteiger partial charge in [0.05, 0.1) is 27.0 Å². The number of thioether (sulfide) groups is 1. The number of nitro groups is 1. The van der Waals surface area contributed by atoms with E-state index < -0.39 is 22.9 Å². The maximum absolute atomic E-state index is 12.2. The fraction of sp³-hybridized carbons (Fsp3) is 0.167. The van der Waals surface area contributed by atoms with E-state index in [4.69, 9.17) is 10.00 Å². The quantitative estimate of drug-likeness (QED) is 0.350. The van der Waals surface area contributed by atoms with E-state index in [9.17, 15) is 19.7 Å². The first-order valence-electron chi connectivity index (χ1n) is 7.70. The summed E-state index contributed by atoms with van der Waals surface area (Å²) in [4.78, 5) is 35.3. The molecule has 0 aliphatic rings. The predicted octanol–water partition coefficient (Wildman–Crippen LogP) is 3.37. The maximum Gasteiger partial charge on any atom is 0.339 e. The molecule has 9 heteroatoms. The molecule has 2 rings (SSSR count). The van der Waals surface area contributed by atoms with Gasteiger partial charge in [0.15, 0.2) is 6.10 Å². The summed E-state index contributed by atoms with van der Waals surface area (Å²) in [6, 6.07) is 12.2. The SMILES string of the molecule is CSc1ccc(C(=O)O[C@@H](C)C(=O)Nc2cccc(C#N)c2)cc1[N+](=O)[O-]. The Morgan fingerprint density at radius 1 is 1.30 bits per heavy atom. The molecule has 0 unspecified atom stereocenters. The molecule has 0 aliphatic heterocycles. The van der Waals surface area contributed by atoms with Crippen LogP contribution < -0.4 is 5.32 Å². The third-order valence-corrected chi connectivity index (χ3v) is 4.31. The second-order valence-electron chi connectivity index (χ2n) is 5.37. The second kappa shape index (κ2) is 8.82. The lowest BCUT2D eigenvalue weighted by molar-refractivity contribution is -0.387. The van der Waals surface area contributed by atoms with Crippen molar-refractivity contribution in [3.63, 3.8) is 0 Å². The van der Waals surface area contributed by atoms with Gasteiger partial charge in [-0.1, -0.05) is 6.07 Å². The molecule has 0 saturated heterocycles. The summed E-state index contributed by atoms with van der Waals surface area (Å²) in [5.74, 6) is -1.44. The molecule has 0 bridgehead atoms. The van der Waals surface area contributed by atoms with Crippen LogP contribution in [0.25, 0.3) is 0 Å². The molecule has 0 fully saturated rings. The van der Waals surface area contributed by atoms with E-state index in [2.05, 4.69) is 5.32 Å². The van der Waals surface area contributed by atoms with E-state index in [1.54, 1.807) is 24.5 Å². The Hall–Kier alpha value is -3.38. The number of nitrogens with zero attached hydrogens (tertiary/aromatic N) is 2. The average molecular weight is 385 g/mol. The van der Waals surface area contributed by atoms with Gasteiger partial charge in [-0.25, -0.2) is 4.79 Å². The molecule has 1 N–H and O–H groups in total. The summed E-state index contributed by atoms with van der Waals surface area (Å²) >= 11 is 1.19. The van der Waals surface area contributed by atoms with Gasteiger partial charge in [0.1, 0.15) is 0 Å². The van der Waals surface area contributed by atoms with Crippen molar-refractivity contribution in [2.45, 2.75) is 17.9 Å². The van der Waals surface area contributed by atoms with Crippen molar-refractivity contribution in [2.75, 3.05) is 11.6 Å². The molecule has 2 aromatic rings. The number of ether oxygens (including phenoxy) is 1. The van der Waals surface area contributed by atoms with Crippen LogP contribution in [-0.2, 0) is 9.53 Å². The number of esters is 1. The summed E-state index contributed by atoms with van der Waals surface area (Å²) in [7, 11) is 0. The van der Waals surface area contributed by atoms with Crippen LogP contribution >= 0.6 is 11.8 Å². The first-order chi connectivity index (χ1) is 12.8. The summed E-state index contributed by atoms with van der Waals surface area (Å²) in [6.45, 7) is 1.38. The molecule has 0 aromatic heterocycles. The predicted molar refractivity (Wildman–Crippen MR) is 99.5 cm³/mol. The number of nitro benzene ring substituents is 1. The van der Waals surface area contributed by atoms with Gasteiger partial charge in [0.25, 0.3) is 11.6 Å². The third-order valence-electron chi connectivity index (χ3n) is 3.52. The van der Waals surface area contributed by atoms with Gasteiger partial charge in [-0.05, 0) is 43.5 Å². The van der Waals surface area contributed by atoms with E-state index in [1.165, 1.54) is 36.9 Å². The highest BCUT2D eigenvalue weighted by Gasteiger charge is 2.22. The number of amides is 1. The molecule has 2 aromatic carbocycles. The van der Waals surface area contributed by atoms with Gasteiger partial charge in [0.2, 0.25) is 0 Å². The Balaban J connectivity index is 2.08. The Morgan fingerprint density at radius 2 is 2.04 bits per heavy atom. The molecule has 0 saturated carbocycles. The lowest BCUT2D eigenvalue weighted by Gasteiger charge is -2.14. The van der Waals surface area contributed by atoms with E-state index in [-0.39, 0.29) is 11.3 Å². The van der Waals surface area contributed by atoms with Crippen LogP contribution in [0.1, 0.15) is 22.8 Å². The number of carbonyl (C=O) groups excluding carboxylic acids is 2. The van der Waals surface area contributed by atoms with Crippen LogP contribution in [0.2, 0.25) is 0 Å². The lowest BCUT2D eigenvalue weighted by Crippen LogP contribution is -2.30. The zero-order chi connectivity index (χ0) is 20.0. The standard InChI is InChI=1S/C18H15N3O5S/c1-11(17(22)20-14-5-3-4-12(8-14)10-19)26-18(23)13-6-7-16(27-2)15(9-13)21(24)25/h3-9,11H,1-2H3,(H,20,22)/t11-/m0/s1. The number of hydrogen-bond acceptors (Lipinski definition) is 7. The van der Waals surface area contributed by atoms with Gasteiger partial charge in [0, 0.05) is 11.8 Å². The van der Waals surface area contributed by atoms with Crippen LogP contribution in [0.15, 0.2) is 47.4 Å². The Labute approximate surface area is 159 Å². The second-order valence-corrected chi connectivity index (χ2v) is 6.22. The molecule has 0 radical (unpaired) electrons. The number of benzene rings is 2. The molecule has 1 atom stereocenters. The average Bonchev–Trinajstić information content (AvgIpc) is 2.67. The van der Waals surface area contributed by atoms with Gasteiger partial charge in [-0.15, -0.1) is 11.8 Å². The van der Waals surface area contributed by atoms with Crippen molar-refractivity contribution < 1.29 is 19.2 Å². The number of hydrogen-bond donors (Lipinski definition) is 1. The molecule has 8 nitrogen and oxygen atoms in total. The van der Waals surface area contributed by atoms with E-state index in [1.807, 2.05) is 6.07 Å². The highest BCUT2D eigenvalue weighted by Crippen LogP contribution is 2.28. The lowest BCUT2D eigenvalue weighted by atomic mass is 10.2. The third kappa shape index (κ3) is 5.05. The molecule has 0 heterocycles. The van der Waals surface area contributed by atoms with Crippen LogP contribution in [0.5, 0.6) is 0 Å². The van der Waals surface area contributed by atoms with Crippen LogP contribution in [0.4, 0.5) is 11.4 Å². The highest BCUT2D eigenvalue weighted by atomic mass is 32.2. The topological polar surface area (TPSA) is 122 Å². The monoisotopic (exact) mass is 385 g/mol.